The lowest BCUT2D eigenvalue weighted by molar-refractivity contribution is 0.0792. The van der Waals surface area contributed by atoms with Crippen LogP contribution in [0.1, 0.15) is 28.9 Å². The summed E-state index contributed by atoms with van der Waals surface area (Å²) in [5.41, 5.74) is 2.72. The molecule has 0 N–H and O–H groups in total. The minimum atomic E-state index is 0.0909. The molecule has 132 valence electrons. The van der Waals surface area contributed by atoms with Crippen LogP contribution in [-0.2, 0) is 5.75 Å². The number of thioether (sulfide) groups is 1. The summed E-state index contributed by atoms with van der Waals surface area (Å²) in [5.74, 6) is 0.833. The fourth-order valence-corrected chi connectivity index (χ4v) is 3.75. The van der Waals surface area contributed by atoms with Crippen LogP contribution in [-0.4, -0.2) is 38.7 Å². The number of rotatable bonds is 5. The van der Waals surface area contributed by atoms with Gasteiger partial charge in [-0.1, -0.05) is 30.0 Å². The highest BCUT2D eigenvalue weighted by Crippen LogP contribution is 2.21. The molecular formula is C20H20N4OS. The maximum absolute atomic E-state index is 12.3. The summed E-state index contributed by atoms with van der Waals surface area (Å²) in [4.78, 5) is 18.7. The predicted octanol–water partition coefficient (Wildman–Crippen LogP) is 3.80. The molecule has 1 fully saturated rings. The molecule has 1 aliphatic rings. The van der Waals surface area contributed by atoms with E-state index in [1.807, 2.05) is 64.3 Å². The van der Waals surface area contributed by atoms with Crippen LogP contribution in [0.4, 0.5) is 0 Å². The monoisotopic (exact) mass is 364 g/mol. The van der Waals surface area contributed by atoms with Gasteiger partial charge in [-0.2, -0.15) is 5.10 Å². The van der Waals surface area contributed by atoms with Gasteiger partial charge in [-0.25, -0.2) is 9.67 Å². The van der Waals surface area contributed by atoms with Crippen molar-refractivity contribution < 1.29 is 4.79 Å². The molecule has 0 atom stereocenters. The van der Waals surface area contributed by atoms with Crippen molar-refractivity contribution in [2.24, 2.45) is 0 Å². The van der Waals surface area contributed by atoms with Crippen molar-refractivity contribution in [1.82, 2.24) is 19.7 Å². The van der Waals surface area contributed by atoms with Crippen LogP contribution in [0.2, 0.25) is 0 Å². The molecule has 0 spiro atoms. The number of pyridine rings is 1. The third-order valence-corrected chi connectivity index (χ3v) is 5.39. The second-order valence-electron chi connectivity index (χ2n) is 6.26. The summed E-state index contributed by atoms with van der Waals surface area (Å²) in [6.07, 6.45) is 5.85. The second kappa shape index (κ2) is 7.74. The van der Waals surface area contributed by atoms with Crippen LogP contribution < -0.4 is 0 Å². The topological polar surface area (TPSA) is 51.0 Å². The van der Waals surface area contributed by atoms with E-state index in [2.05, 4.69) is 10.1 Å². The molecule has 0 saturated carbocycles. The van der Waals surface area contributed by atoms with Crippen LogP contribution in [0.3, 0.4) is 0 Å². The van der Waals surface area contributed by atoms with Gasteiger partial charge in [0.1, 0.15) is 0 Å². The zero-order valence-corrected chi connectivity index (χ0v) is 15.2. The van der Waals surface area contributed by atoms with Gasteiger partial charge in [0.25, 0.3) is 5.91 Å². The normalized spacial score (nSPS) is 13.9. The number of carbonyl (C=O) groups excluding carboxylic acids is 1. The first-order chi connectivity index (χ1) is 12.8. The second-order valence-corrected chi connectivity index (χ2v) is 7.26. The van der Waals surface area contributed by atoms with Gasteiger partial charge < -0.3 is 4.90 Å². The summed E-state index contributed by atoms with van der Waals surface area (Å²) < 4.78 is 1.88. The molecule has 3 aromatic rings. The van der Waals surface area contributed by atoms with Gasteiger partial charge in [0.2, 0.25) is 0 Å². The molecule has 2 aromatic heterocycles. The molecule has 4 rings (SSSR count). The average Bonchev–Trinajstić information content (AvgIpc) is 3.39. The number of nitrogens with zero attached hydrogens (tertiary/aromatic N) is 4. The van der Waals surface area contributed by atoms with E-state index in [-0.39, 0.29) is 5.91 Å². The molecule has 0 unspecified atom stereocenters. The smallest absolute Gasteiger partial charge is 0.255 e. The fraction of sp³-hybridized carbons (Fsp3) is 0.250. The Morgan fingerprint density at radius 3 is 2.58 bits per heavy atom. The van der Waals surface area contributed by atoms with Gasteiger partial charge in [-0.15, -0.1) is 0 Å². The van der Waals surface area contributed by atoms with Gasteiger partial charge in [0.05, 0.1) is 22.0 Å². The van der Waals surface area contributed by atoms with Crippen LogP contribution in [0.5, 0.6) is 0 Å². The van der Waals surface area contributed by atoms with E-state index in [4.69, 9.17) is 0 Å². The zero-order valence-electron chi connectivity index (χ0n) is 14.4. The molecule has 1 aliphatic heterocycles. The van der Waals surface area contributed by atoms with Crippen molar-refractivity contribution >= 4 is 17.7 Å². The van der Waals surface area contributed by atoms with Gasteiger partial charge >= 0.3 is 0 Å². The zero-order chi connectivity index (χ0) is 17.8. The largest absolute Gasteiger partial charge is 0.339 e. The fourth-order valence-electron chi connectivity index (χ4n) is 3.01. The highest BCUT2D eigenvalue weighted by molar-refractivity contribution is 7.98. The van der Waals surface area contributed by atoms with Crippen molar-refractivity contribution in [3.8, 4) is 5.69 Å². The molecule has 1 saturated heterocycles. The van der Waals surface area contributed by atoms with Crippen molar-refractivity contribution in [2.75, 3.05) is 13.1 Å². The molecule has 0 bridgehead atoms. The lowest BCUT2D eigenvalue weighted by atomic mass is 10.2. The first-order valence-electron chi connectivity index (χ1n) is 8.78. The van der Waals surface area contributed by atoms with E-state index < -0.39 is 0 Å². The minimum Gasteiger partial charge on any atom is -0.339 e. The van der Waals surface area contributed by atoms with Crippen molar-refractivity contribution in [1.29, 1.82) is 0 Å². The number of carbonyl (C=O) groups is 1. The maximum Gasteiger partial charge on any atom is 0.255 e. The highest BCUT2D eigenvalue weighted by Gasteiger charge is 2.19. The van der Waals surface area contributed by atoms with E-state index >= 15 is 0 Å². The van der Waals surface area contributed by atoms with Crippen LogP contribution in [0.25, 0.3) is 5.69 Å². The number of amides is 1. The van der Waals surface area contributed by atoms with Crippen LogP contribution >= 0.6 is 11.8 Å². The Labute approximate surface area is 157 Å². The van der Waals surface area contributed by atoms with E-state index in [1.165, 1.54) is 0 Å². The molecule has 0 aliphatic carbocycles. The number of hydrogen-bond donors (Lipinski definition) is 0. The average molecular weight is 364 g/mol. The Hall–Kier alpha value is -2.60. The molecule has 6 heteroatoms. The predicted molar refractivity (Wildman–Crippen MR) is 102 cm³/mol. The first-order valence-corrected chi connectivity index (χ1v) is 9.76. The SMILES string of the molecule is O=C(c1ccc(SCc2ccn(-c3ccccc3)n2)nc1)N1CCCC1. The van der Waals surface area contributed by atoms with E-state index in [9.17, 15) is 4.79 Å². The first kappa shape index (κ1) is 16.8. The summed E-state index contributed by atoms with van der Waals surface area (Å²) in [6, 6.07) is 15.9. The minimum absolute atomic E-state index is 0.0909. The summed E-state index contributed by atoms with van der Waals surface area (Å²) in [6.45, 7) is 1.72. The number of para-hydroxylation sites is 1. The number of hydrogen-bond acceptors (Lipinski definition) is 4. The standard InChI is InChI=1S/C20H20N4OS/c25-20(23-11-4-5-12-23)16-8-9-19(21-14-16)26-15-17-10-13-24(22-17)18-6-2-1-3-7-18/h1-3,6-10,13-14H,4-5,11-12,15H2. The van der Waals surface area contributed by atoms with Gasteiger partial charge in [-0.05, 0) is 43.2 Å². The molecule has 3 heterocycles. The Bertz CT molecular complexity index is 870. The Morgan fingerprint density at radius 2 is 1.85 bits per heavy atom. The molecule has 0 radical (unpaired) electrons. The van der Waals surface area contributed by atoms with Gasteiger partial charge in [-0.3, -0.25) is 4.79 Å². The summed E-state index contributed by atoms with van der Waals surface area (Å²) in [5, 5.41) is 5.50. The molecule has 1 aromatic carbocycles. The van der Waals surface area contributed by atoms with E-state index in [0.29, 0.717) is 5.56 Å². The lowest BCUT2D eigenvalue weighted by Gasteiger charge is -2.14. The van der Waals surface area contributed by atoms with Crippen molar-refractivity contribution in [3.05, 3.63) is 72.2 Å². The molecule has 1 amide bonds. The van der Waals surface area contributed by atoms with E-state index in [1.54, 1.807) is 18.0 Å². The summed E-state index contributed by atoms with van der Waals surface area (Å²) >= 11 is 1.62. The molecule has 5 nitrogen and oxygen atoms in total. The molecule has 26 heavy (non-hydrogen) atoms. The Morgan fingerprint density at radius 1 is 1.04 bits per heavy atom. The Kier molecular flexibility index (Phi) is 5.02. The number of benzene rings is 1. The third kappa shape index (κ3) is 3.80. The molecular weight excluding hydrogens is 344 g/mol. The van der Waals surface area contributed by atoms with Crippen molar-refractivity contribution in [3.63, 3.8) is 0 Å². The van der Waals surface area contributed by atoms with Crippen LogP contribution in [0.15, 0.2) is 66.0 Å². The van der Waals surface area contributed by atoms with E-state index in [0.717, 1.165) is 48.1 Å². The van der Waals surface area contributed by atoms with Gasteiger partial charge in [0, 0.05) is 31.2 Å². The van der Waals surface area contributed by atoms with Gasteiger partial charge in [0.15, 0.2) is 0 Å². The van der Waals surface area contributed by atoms with Crippen LogP contribution in [0, 0.1) is 0 Å². The third-order valence-electron chi connectivity index (χ3n) is 4.41. The lowest BCUT2D eigenvalue weighted by Crippen LogP contribution is -2.27. The Balaban J connectivity index is 1.36. The maximum atomic E-state index is 12.3. The quantitative estimate of drug-likeness (QED) is 0.646. The highest BCUT2D eigenvalue weighted by atomic mass is 32.2. The number of likely N-dealkylation sites (tertiary alicyclic amines) is 1. The van der Waals surface area contributed by atoms with Crippen molar-refractivity contribution in [2.45, 2.75) is 23.6 Å². The number of aromatic nitrogens is 3. The summed E-state index contributed by atoms with van der Waals surface area (Å²) in [7, 11) is 0.